The van der Waals surface area contributed by atoms with Crippen LogP contribution in [0, 0.1) is 12.8 Å². The molecule has 0 atom stereocenters. The summed E-state index contributed by atoms with van der Waals surface area (Å²) in [5, 5.41) is 2.97. The fraction of sp³-hybridized carbons (Fsp3) is 0.417. The molecule has 0 radical (unpaired) electrons. The average Bonchev–Trinajstić information content (AvgIpc) is 2.17. The number of aryl methyl sites for hydroxylation is 1. The van der Waals surface area contributed by atoms with E-state index in [4.69, 9.17) is 0 Å². The lowest BCUT2D eigenvalue weighted by atomic mass is 10.00. The van der Waals surface area contributed by atoms with E-state index in [-0.39, 0.29) is 11.8 Å². The molecule has 2 rings (SSSR count). The number of carbonyl (C=O) groups excluding carboxylic acids is 1. The van der Waals surface area contributed by atoms with E-state index >= 15 is 0 Å². The minimum Gasteiger partial charge on any atom is -0.326 e. The second-order valence-electron chi connectivity index (χ2n) is 4.22. The number of carbonyl (C=O) groups is 1. The molecule has 0 spiro atoms. The van der Waals surface area contributed by atoms with E-state index in [1.54, 1.807) is 0 Å². The molecule has 80 valence electrons. The molecule has 1 heterocycles. The van der Waals surface area contributed by atoms with Crippen LogP contribution in [0.5, 0.6) is 0 Å². The van der Waals surface area contributed by atoms with Crippen molar-refractivity contribution in [3.8, 4) is 0 Å². The molecular formula is C12H16N2O. The second-order valence-corrected chi connectivity index (χ2v) is 4.22. The average molecular weight is 204 g/mol. The molecule has 1 aromatic rings. The summed E-state index contributed by atoms with van der Waals surface area (Å²) in [6.07, 6.45) is 0. The minimum absolute atomic E-state index is 0.141. The Morgan fingerprint density at radius 3 is 2.67 bits per heavy atom. The Labute approximate surface area is 90.1 Å². The molecule has 1 N–H and O–H groups in total. The fourth-order valence-corrected chi connectivity index (χ4v) is 1.81. The number of hydrogen-bond donors (Lipinski definition) is 1. The van der Waals surface area contributed by atoms with E-state index < -0.39 is 0 Å². The van der Waals surface area contributed by atoms with Gasteiger partial charge in [0.1, 0.15) is 0 Å². The van der Waals surface area contributed by atoms with Crippen molar-refractivity contribution in [3.05, 3.63) is 29.8 Å². The summed E-state index contributed by atoms with van der Waals surface area (Å²) in [6.45, 7) is 3.75. The van der Waals surface area contributed by atoms with Gasteiger partial charge < -0.3 is 10.2 Å². The molecule has 0 aliphatic carbocycles. The Bertz CT molecular complexity index is 370. The van der Waals surface area contributed by atoms with Crippen LogP contribution >= 0.6 is 0 Å². The number of rotatable bonds is 2. The van der Waals surface area contributed by atoms with Crippen LogP contribution in [0.1, 0.15) is 5.56 Å². The number of likely N-dealkylation sites (tertiary alicyclic amines) is 1. The van der Waals surface area contributed by atoms with E-state index in [1.807, 2.05) is 38.2 Å². The Kier molecular flexibility index (Phi) is 2.73. The monoisotopic (exact) mass is 204 g/mol. The van der Waals surface area contributed by atoms with Gasteiger partial charge in [-0.25, -0.2) is 0 Å². The standard InChI is InChI=1S/C12H16N2O/c1-9-5-3-4-6-11(9)13-12(15)10-7-14(2)8-10/h3-6,10H,7-8H2,1-2H3,(H,13,15). The third-order valence-electron chi connectivity index (χ3n) is 2.84. The van der Waals surface area contributed by atoms with Crippen molar-refractivity contribution in [1.29, 1.82) is 0 Å². The number of anilines is 1. The van der Waals surface area contributed by atoms with Gasteiger partial charge in [-0.2, -0.15) is 0 Å². The van der Waals surface area contributed by atoms with Gasteiger partial charge >= 0.3 is 0 Å². The van der Waals surface area contributed by atoms with Crippen LogP contribution in [0.15, 0.2) is 24.3 Å². The summed E-state index contributed by atoms with van der Waals surface area (Å²) < 4.78 is 0. The van der Waals surface area contributed by atoms with Gasteiger partial charge in [0, 0.05) is 18.8 Å². The zero-order valence-corrected chi connectivity index (χ0v) is 9.16. The van der Waals surface area contributed by atoms with Gasteiger partial charge in [0.15, 0.2) is 0 Å². The Morgan fingerprint density at radius 2 is 2.07 bits per heavy atom. The van der Waals surface area contributed by atoms with E-state index in [0.29, 0.717) is 0 Å². The molecule has 1 amide bonds. The van der Waals surface area contributed by atoms with Crippen molar-refractivity contribution in [2.75, 3.05) is 25.5 Å². The lowest BCUT2D eigenvalue weighted by molar-refractivity contribution is -0.124. The smallest absolute Gasteiger partial charge is 0.230 e. The summed E-state index contributed by atoms with van der Waals surface area (Å²) in [7, 11) is 2.03. The van der Waals surface area contributed by atoms with Gasteiger partial charge in [-0.15, -0.1) is 0 Å². The maximum Gasteiger partial charge on any atom is 0.230 e. The van der Waals surface area contributed by atoms with Crippen LogP contribution in [-0.4, -0.2) is 30.9 Å². The largest absolute Gasteiger partial charge is 0.326 e. The number of nitrogens with zero attached hydrogens (tertiary/aromatic N) is 1. The van der Waals surface area contributed by atoms with Gasteiger partial charge in [-0.3, -0.25) is 4.79 Å². The molecule has 0 aromatic heterocycles. The van der Waals surface area contributed by atoms with Crippen molar-refractivity contribution < 1.29 is 4.79 Å². The summed E-state index contributed by atoms with van der Waals surface area (Å²) in [5.74, 6) is 0.303. The molecular weight excluding hydrogens is 188 g/mol. The van der Waals surface area contributed by atoms with Gasteiger partial charge in [0.2, 0.25) is 5.91 Å². The van der Waals surface area contributed by atoms with Crippen LogP contribution in [0.2, 0.25) is 0 Å². The summed E-state index contributed by atoms with van der Waals surface area (Å²) in [4.78, 5) is 13.9. The maximum absolute atomic E-state index is 11.8. The third kappa shape index (κ3) is 2.18. The minimum atomic E-state index is 0.141. The van der Waals surface area contributed by atoms with Crippen molar-refractivity contribution in [2.24, 2.45) is 5.92 Å². The first-order chi connectivity index (χ1) is 7.16. The summed E-state index contributed by atoms with van der Waals surface area (Å²) in [6, 6.07) is 7.86. The van der Waals surface area contributed by atoms with Crippen molar-refractivity contribution in [2.45, 2.75) is 6.92 Å². The van der Waals surface area contributed by atoms with Gasteiger partial charge in [-0.05, 0) is 25.6 Å². The number of benzene rings is 1. The molecule has 3 heteroatoms. The number of amides is 1. The summed E-state index contributed by atoms with van der Waals surface area (Å²) in [5.41, 5.74) is 2.04. The molecule has 1 aliphatic rings. The molecule has 1 aliphatic heterocycles. The lowest BCUT2D eigenvalue weighted by Gasteiger charge is -2.34. The number of para-hydroxylation sites is 1. The normalized spacial score (nSPS) is 17.2. The van der Waals surface area contributed by atoms with Gasteiger partial charge in [-0.1, -0.05) is 18.2 Å². The van der Waals surface area contributed by atoms with Crippen LogP contribution in [0.25, 0.3) is 0 Å². The van der Waals surface area contributed by atoms with Crippen molar-refractivity contribution >= 4 is 11.6 Å². The predicted molar refractivity (Wildman–Crippen MR) is 60.8 cm³/mol. The number of nitrogens with one attached hydrogen (secondary N) is 1. The van der Waals surface area contributed by atoms with Crippen LogP contribution < -0.4 is 5.32 Å². The first-order valence-electron chi connectivity index (χ1n) is 5.22. The Morgan fingerprint density at radius 1 is 1.40 bits per heavy atom. The molecule has 1 fully saturated rings. The van der Waals surface area contributed by atoms with Crippen LogP contribution in [0.3, 0.4) is 0 Å². The Hall–Kier alpha value is -1.35. The number of hydrogen-bond acceptors (Lipinski definition) is 2. The van der Waals surface area contributed by atoms with Crippen LogP contribution in [-0.2, 0) is 4.79 Å². The lowest BCUT2D eigenvalue weighted by Crippen LogP contribution is -2.49. The van der Waals surface area contributed by atoms with E-state index in [0.717, 1.165) is 24.3 Å². The molecule has 1 saturated heterocycles. The Balaban J connectivity index is 1.97. The first-order valence-corrected chi connectivity index (χ1v) is 5.22. The van der Waals surface area contributed by atoms with Crippen molar-refractivity contribution in [3.63, 3.8) is 0 Å². The van der Waals surface area contributed by atoms with E-state index in [9.17, 15) is 4.79 Å². The third-order valence-corrected chi connectivity index (χ3v) is 2.84. The van der Waals surface area contributed by atoms with E-state index in [2.05, 4.69) is 10.2 Å². The molecule has 1 aromatic carbocycles. The van der Waals surface area contributed by atoms with Gasteiger partial charge in [0.05, 0.1) is 5.92 Å². The fourth-order valence-electron chi connectivity index (χ4n) is 1.81. The quantitative estimate of drug-likeness (QED) is 0.791. The van der Waals surface area contributed by atoms with Crippen LogP contribution in [0.4, 0.5) is 5.69 Å². The zero-order chi connectivity index (χ0) is 10.8. The zero-order valence-electron chi connectivity index (χ0n) is 9.16. The molecule has 0 unspecified atom stereocenters. The van der Waals surface area contributed by atoms with E-state index in [1.165, 1.54) is 0 Å². The second kappa shape index (κ2) is 4.03. The SMILES string of the molecule is Cc1ccccc1NC(=O)C1CN(C)C1. The highest BCUT2D eigenvalue weighted by molar-refractivity contribution is 5.94. The highest BCUT2D eigenvalue weighted by Crippen LogP contribution is 2.18. The molecule has 3 nitrogen and oxygen atoms in total. The highest BCUT2D eigenvalue weighted by atomic mass is 16.2. The molecule has 15 heavy (non-hydrogen) atoms. The first kappa shape index (κ1) is 10.2. The summed E-state index contributed by atoms with van der Waals surface area (Å²) >= 11 is 0. The predicted octanol–water partition coefficient (Wildman–Crippen LogP) is 1.50. The molecule has 0 bridgehead atoms. The maximum atomic E-state index is 11.8. The molecule has 0 saturated carbocycles. The van der Waals surface area contributed by atoms with Crippen molar-refractivity contribution in [1.82, 2.24) is 4.90 Å². The topological polar surface area (TPSA) is 32.3 Å². The van der Waals surface area contributed by atoms with Gasteiger partial charge in [0.25, 0.3) is 0 Å². The highest BCUT2D eigenvalue weighted by Gasteiger charge is 2.29.